The first-order valence-corrected chi connectivity index (χ1v) is 10.7. The number of thiophene rings is 1. The summed E-state index contributed by atoms with van der Waals surface area (Å²) in [5.41, 5.74) is 1.15. The van der Waals surface area contributed by atoms with Crippen LogP contribution in [-0.4, -0.2) is 26.2 Å². The lowest BCUT2D eigenvalue weighted by Crippen LogP contribution is -2.21. The molecule has 0 saturated heterocycles. The molecule has 26 heavy (non-hydrogen) atoms. The van der Waals surface area contributed by atoms with Gasteiger partial charge in [0, 0.05) is 22.6 Å². The van der Waals surface area contributed by atoms with Crippen LogP contribution >= 0.6 is 39.0 Å². The van der Waals surface area contributed by atoms with E-state index in [2.05, 4.69) is 31.2 Å². The fourth-order valence-electron chi connectivity index (χ4n) is 2.99. The number of hydrogen-bond donors (Lipinski definition) is 1. The molecule has 3 aromatic rings. The summed E-state index contributed by atoms with van der Waals surface area (Å²) in [7, 11) is 1.71. The Kier molecular flexibility index (Phi) is 4.85. The molecule has 0 radical (unpaired) electrons. The summed E-state index contributed by atoms with van der Waals surface area (Å²) in [5.74, 6) is 0.466. The lowest BCUT2D eigenvalue weighted by molar-refractivity contribution is -0.113. The Hall–Kier alpha value is -1.71. The predicted molar refractivity (Wildman–Crippen MR) is 108 cm³/mol. The highest BCUT2D eigenvalue weighted by Crippen LogP contribution is 2.35. The molecule has 1 N–H and O–H groups in total. The van der Waals surface area contributed by atoms with Crippen molar-refractivity contribution >= 4 is 61.0 Å². The number of halogens is 1. The van der Waals surface area contributed by atoms with E-state index in [0.717, 1.165) is 34.0 Å². The number of nitrogens with zero attached hydrogens (tertiary/aromatic N) is 3. The Balaban J connectivity index is 1.52. The van der Waals surface area contributed by atoms with Crippen LogP contribution < -0.4 is 10.9 Å². The molecule has 3 heterocycles. The van der Waals surface area contributed by atoms with E-state index in [9.17, 15) is 9.59 Å². The van der Waals surface area contributed by atoms with Gasteiger partial charge < -0.3 is 5.32 Å². The first kappa shape index (κ1) is 17.7. The third-order valence-corrected chi connectivity index (χ3v) is 6.92. The number of pyridine rings is 1. The lowest BCUT2D eigenvalue weighted by atomic mass is 10.2. The van der Waals surface area contributed by atoms with Gasteiger partial charge in [0.15, 0.2) is 5.16 Å². The van der Waals surface area contributed by atoms with Crippen molar-refractivity contribution < 1.29 is 4.79 Å². The molecule has 0 saturated carbocycles. The van der Waals surface area contributed by atoms with Gasteiger partial charge in [-0.1, -0.05) is 11.8 Å². The van der Waals surface area contributed by atoms with E-state index in [1.54, 1.807) is 35.2 Å². The van der Waals surface area contributed by atoms with E-state index in [1.807, 2.05) is 6.07 Å². The minimum atomic E-state index is -0.187. The summed E-state index contributed by atoms with van der Waals surface area (Å²) in [5, 5.41) is 4.06. The first-order valence-electron chi connectivity index (χ1n) is 8.08. The van der Waals surface area contributed by atoms with Crippen molar-refractivity contribution in [2.24, 2.45) is 7.05 Å². The summed E-state index contributed by atoms with van der Waals surface area (Å²) >= 11 is 6.17. The Labute approximate surface area is 166 Å². The van der Waals surface area contributed by atoms with Gasteiger partial charge >= 0.3 is 0 Å². The Morgan fingerprint density at radius 1 is 1.42 bits per heavy atom. The van der Waals surface area contributed by atoms with Crippen LogP contribution in [0.4, 0.5) is 5.82 Å². The quantitative estimate of drug-likeness (QED) is 0.486. The molecule has 1 aliphatic carbocycles. The standard InChI is InChI=1S/C17H15BrN4O2S2/c1-22-16(24)14-10-3-2-4-11(10)26-15(14)21-17(22)25-8-13(23)20-12-6-5-9(18)7-19-12/h5-7H,2-4,8H2,1H3,(H,19,20,23). The second kappa shape index (κ2) is 7.13. The second-order valence-electron chi connectivity index (χ2n) is 5.99. The van der Waals surface area contributed by atoms with Gasteiger partial charge in [-0.05, 0) is 52.9 Å². The number of aryl methyl sites for hydroxylation is 2. The molecule has 0 aromatic carbocycles. The van der Waals surface area contributed by atoms with Crippen molar-refractivity contribution in [1.29, 1.82) is 0 Å². The SMILES string of the molecule is Cn1c(SCC(=O)Nc2ccc(Br)cn2)nc2sc3c(c2c1=O)CCC3. The highest BCUT2D eigenvalue weighted by Gasteiger charge is 2.22. The van der Waals surface area contributed by atoms with Crippen LogP contribution in [-0.2, 0) is 24.7 Å². The smallest absolute Gasteiger partial charge is 0.262 e. The molecule has 1 amide bonds. The van der Waals surface area contributed by atoms with Crippen LogP contribution in [0.2, 0.25) is 0 Å². The molecular weight excluding hydrogens is 436 g/mol. The Bertz CT molecular complexity index is 1060. The summed E-state index contributed by atoms with van der Waals surface area (Å²) in [6.07, 6.45) is 4.73. The van der Waals surface area contributed by atoms with Crippen molar-refractivity contribution in [2.75, 3.05) is 11.1 Å². The number of nitrogens with one attached hydrogen (secondary N) is 1. The zero-order valence-electron chi connectivity index (χ0n) is 13.9. The van der Waals surface area contributed by atoms with Crippen molar-refractivity contribution in [3.63, 3.8) is 0 Å². The average molecular weight is 451 g/mol. The van der Waals surface area contributed by atoms with E-state index < -0.39 is 0 Å². The number of amides is 1. The number of hydrogen-bond acceptors (Lipinski definition) is 6. The molecule has 0 unspecified atom stereocenters. The molecule has 0 aliphatic heterocycles. The summed E-state index contributed by atoms with van der Waals surface area (Å²) in [6, 6.07) is 3.53. The van der Waals surface area contributed by atoms with Gasteiger partial charge in [0.1, 0.15) is 10.6 Å². The zero-order valence-corrected chi connectivity index (χ0v) is 17.1. The number of thioether (sulfide) groups is 1. The predicted octanol–water partition coefficient (Wildman–Crippen LogP) is 3.37. The lowest BCUT2D eigenvalue weighted by Gasteiger charge is -2.08. The van der Waals surface area contributed by atoms with Crippen LogP contribution in [0.5, 0.6) is 0 Å². The van der Waals surface area contributed by atoms with E-state index in [-0.39, 0.29) is 17.2 Å². The number of carbonyl (C=O) groups excluding carboxylic acids is 1. The number of anilines is 1. The number of carbonyl (C=O) groups is 1. The van der Waals surface area contributed by atoms with Gasteiger partial charge in [-0.2, -0.15) is 0 Å². The van der Waals surface area contributed by atoms with Crippen molar-refractivity contribution in [2.45, 2.75) is 24.4 Å². The maximum atomic E-state index is 12.7. The molecule has 0 spiro atoms. The molecule has 3 aromatic heterocycles. The minimum absolute atomic E-state index is 0.0214. The topological polar surface area (TPSA) is 76.9 Å². The normalized spacial score (nSPS) is 13.2. The molecular formula is C17H15BrN4O2S2. The maximum Gasteiger partial charge on any atom is 0.262 e. The monoisotopic (exact) mass is 450 g/mol. The largest absolute Gasteiger partial charge is 0.310 e. The van der Waals surface area contributed by atoms with Crippen LogP contribution in [0.1, 0.15) is 16.9 Å². The number of rotatable bonds is 4. The zero-order chi connectivity index (χ0) is 18.3. The van der Waals surface area contributed by atoms with Gasteiger partial charge in [0.05, 0.1) is 11.1 Å². The molecule has 6 nitrogen and oxygen atoms in total. The highest BCUT2D eigenvalue weighted by molar-refractivity contribution is 9.10. The number of fused-ring (bicyclic) bond motifs is 3. The Morgan fingerprint density at radius 3 is 3.04 bits per heavy atom. The molecule has 4 rings (SSSR count). The third-order valence-electron chi connectivity index (χ3n) is 4.23. The summed E-state index contributed by atoms with van der Waals surface area (Å²) in [6.45, 7) is 0. The molecule has 0 atom stereocenters. The third kappa shape index (κ3) is 3.30. The van der Waals surface area contributed by atoms with Gasteiger partial charge in [-0.25, -0.2) is 9.97 Å². The van der Waals surface area contributed by atoms with Crippen LogP contribution in [0.25, 0.3) is 10.2 Å². The minimum Gasteiger partial charge on any atom is -0.310 e. The molecule has 9 heteroatoms. The highest BCUT2D eigenvalue weighted by atomic mass is 79.9. The van der Waals surface area contributed by atoms with Gasteiger partial charge in [0.2, 0.25) is 5.91 Å². The van der Waals surface area contributed by atoms with E-state index in [4.69, 9.17) is 0 Å². The summed E-state index contributed by atoms with van der Waals surface area (Å²) in [4.78, 5) is 35.7. The van der Waals surface area contributed by atoms with Gasteiger partial charge in [-0.3, -0.25) is 14.2 Å². The van der Waals surface area contributed by atoms with Crippen LogP contribution in [0.15, 0.2) is 32.8 Å². The maximum absolute atomic E-state index is 12.7. The fraction of sp³-hybridized carbons (Fsp3) is 0.294. The van der Waals surface area contributed by atoms with Crippen LogP contribution in [0, 0.1) is 0 Å². The van der Waals surface area contributed by atoms with Crippen molar-refractivity contribution in [1.82, 2.24) is 14.5 Å². The number of aromatic nitrogens is 3. The molecule has 0 bridgehead atoms. The second-order valence-corrected chi connectivity index (χ2v) is 8.94. The summed E-state index contributed by atoms with van der Waals surface area (Å²) < 4.78 is 2.39. The van der Waals surface area contributed by atoms with E-state index in [1.165, 1.54) is 22.2 Å². The van der Waals surface area contributed by atoms with Crippen molar-refractivity contribution in [3.8, 4) is 0 Å². The van der Waals surface area contributed by atoms with Gasteiger partial charge in [0.25, 0.3) is 5.56 Å². The Morgan fingerprint density at radius 2 is 2.27 bits per heavy atom. The average Bonchev–Trinajstić information content (AvgIpc) is 3.19. The van der Waals surface area contributed by atoms with E-state index >= 15 is 0 Å². The first-order chi connectivity index (χ1) is 12.5. The van der Waals surface area contributed by atoms with Gasteiger partial charge in [-0.15, -0.1) is 11.3 Å². The van der Waals surface area contributed by atoms with E-state index in [0.29, 0.717) is 11.0 Å². The van der Waals surface area contributed by atoms with Crippen LogP contribution in [0.3, 0.4) is 0 Å². The fourth-order valence-corrected chi connectivity index (χ4v) is 5.30. The molecule has 0 fully saturated rings. The molecule has 134 valence electrons. The molecule has 1 aliphatic rings. The van der Waals surface area contributed by atoms with Crippen molar-refractivity contribution in [3.05, 3.63) is 43.6 Å².